The van der Waals surface area contributed by atoms with E-state index in [1.54, 1.807) is 12.3 Å². The van der Waals surface area contributed by atoms with E-state index in [0.29, 0.717) is 36.4 Å². The molecule has 0 atom stereocenters. The van der Waals surface area contributed by atoms with Gasteiger partial charge in [0.15, 0.2) is 16.6 Å². The number of nitrogens with zero attached hydrogens (tertiary/aromatic N) is 1. The molecule has 0 radical (unpaired) electrons. The first-order valence-electron chi connectivity index (χ1n) is 8.75. The van der Waals surface area contributed by atoms with Crippen molar-refractivity contribution < 1.29 is 9.47 Å². The first kappa shape index (κ1) is 20.5. The fourth-order valence-corrected chi connectivity index (χ4v) is 2.46. The van der Waals surface area contributed by atoms with E-state index in [2.05, 4.69) is 41.5 Å². The maximum Gasteiger partial charge on any atom is 0.187 e. The molecule has 0 amide bonds. The predicted octanol–water partition coefficient (Wildman–Crippen LogP) is 3.96. The van der Waals surface area contributed by atoms with E-state index in [1.165, 1.54) is 5.56 Å². The van der Waals surface area contributed by atoms with E-state index in [1.807, 2.05) is 37.3 Å². The molecule has 5 nitrogen and oxygen atoms in total. The number of rotatable bonds is 9. The van der Waals surface area contributed by atoms with Crippen LogP contribution in [0.1, 0.15) is 23.6 Å². The van der Waals surface area contributed by atoms with Gasteiger partial charge in [-0.1, -0.05) is 35.9 Å². The Hall–Kier alpha value is -2.86. The van der Waals surface area contributed by atoms with Crippen LogP contribution in [0.4, 0.5) is 0 Å². The Bertz CT molecular complexity index is 806. The topological polar surface area (TPSA) is 54.9 Å². The average Bonchev–Trinajstić information content (AvgIpc) is 2.66. The molecular formula is C21H25N3O2S. The molecular weight excluding hydrogens is 358 g/mol. The van der Waals surface area contributed by atoms with Gasteiger partial charge in [-0.25, -0.2) is 0 Å². The lowest BCUT2D eigenvalue weighted by Gasteiger charge is -2.13. The van der Waals surface area contributed by atoms with Gasteiger partial charge in [-0.2, -0.15) is 5.10 Å². The van der Waals surface area contributed by atoms with E-state index in [-0.39, 0.29) is 0 Å². The van der Waals surface area contributed by atoms with Crippen molar-refractivity contribution in [3.63, 3.8) is 0 Å². The smallest absolute Gasteiger partial charge is 0.187 e. The largest absolute Gasteiger partial charge is 0.490 e. The standard InChI is InChI=1S/C21H25N3O2S/c1-4-11-22-21(27)24-23-14-17-9-10-19(20(13-17)25-5-2)26-15-18-8-6-7-16(3)12-18/h4,6-10,12-14H,1,5,11,15H2,2-3H3,(H2,22,24,27)/b23-14+. The predicted molar refractivity (Wildman–Crippen MR) is 115 cm³/mol. The van der Waals surface area contributed by atoms with Crippen molar-refractivity contribution in [2.45, 2.75) is 20.5 Å². The third-order valence-electron chi connectivity index (χ3n) is 3.53. The summed E-state index contributed by atoms with van der Waals surface area (Å²) in [7, 11) is 0. The number of hydrogen-bond donors (Lipinski definition) is 2. The highest BCUT2D eigenvalue weighted by molar-refractivity contribution is 7.80. The SMILES string of the molecule is C=CCNC(=S)N/N=C/c1ccc(OCc2cccc(C)c2)c(OCC)c1. The first-order valence-corrected chi connectivity index (χ1v) is 9.16. The highest BCUT2D eigenvalue weighted by atomic mass is 32.1. The summed E-state index contributed by atoms with van der Waals surface area (Å²) < 4.78 is 11.7. The third-order valence-corrected chi connectivity index (χ3v) is 3.77. The van der Waals surface area contributed by atoms with Crippen molar-refractivity contribution in [2.24, 2.45) is 5.10 Å². The lowest BCUT2D eigenvalue weighted by molar-refractivity contribution is 0.269. The van der Waals surface area contributed by atoms with Gasteiger partial charge in [-0.15, -0.1) is 6.58 Å². The zero-order chi connectivity index (χ0) is 19.5. The number of hydrazone groups is 1. The van der Waals surface area contributed by atoms with E-state index in [4.69, 9.17) is 21.7 Å². The zero-order valence-corrected chi connectivity index (χ0v) is 16.5. The van der Waals surface area contributed by atoms with Crippen LogP contribution in [-0.2, 0) is 6.61 Å². The second kappa shape index (κ2) is 11.0. The molecule has 0 aliphatic heterocycles. The van der Waals surface area contributed by atoms with Gasteiger partial charge in [0.2, 0.25) is 0 Å². The van der Waals surface area contributed by atoms with Crippen molar-refractivity contribution >= 4 is 23.5 Å². The Kier molecular flexibility index (Phi) is 8.32. The summed E-state index contributed by atoms with van der Waals surface area (Å²) in [5, 5.41) is 7.50. The van der Waals surface area contributed by atoms with Crippen molar-refractivity contribution in [2.75, 3.05) is 13.2 Å². The van der Waals surface area contributed by atoms with Crippen molar-refractivity contribution in [3.05, 3.63) is 71.8 Å². The lowest BCUT2D eigenvalue weighted by atomic mass is 10.1. The molecule has 0 aliphatic carbocycles. The molecule has 27 heavy (non-hydrogen) atoms. The van der Waals surface area contributed by atoms with E-state index < -0.39 is 0 Å². The van der Waals surface area contributed by atoms with E-state index in [0.717, 1.165) is 11.1 Å². The lowest BCUT2D eigenvalue weighted by Crippen LogP contribution is -2.31. The Morgan fingerprint density at radius 3 is 2.78 bits per heavy atom. The summed E-state index contributed by atoms with van der Waals surface area (Å²) in [5.41, 5.74) is 5.96. The minimum absolute atomic E-state index is 0.439. The van der Waals surface area contributed by atoms with Crippen LogP contribution in [0.5, 0.6) is 11.5 Å². The summed E-state index contributed by atoms with van der Waals surface area (Å²) >= 11 is 5.08. The van der Waals surface area contributed by atoms with Gasteiger partial charge in [0.05, 0.1) is 12.8 Å². The van der Waals surface area contributed by atoms with Crippen LogP contribution in [0.2, 0.25) is 0 Å². The number of hydrogen-bond acceptors (Lipinski definition) is 4. The monoisotopic (exact) mass is 383 g/mol. The molecule has 2 aromatic rings. The zero-order valence-electron chi connectivity index (χ0n) is 15.7. The van der Waals surface area contributed by atoms with Gasteiger partial charge in [-0.3, -0.25) is 5.43 Å². The van der Waals surface area contributed by atoms with E-state index >= 15 is 0 Å². The summed E-state index contributed by atoms with van der Waals surface area (Å²) in [6.45, 7) is 9.25. The van der Waals surface area contributed by atoms with Gasteiger partial charge in [0.1, 0.15) is 6.61 Å². The Labute approximate surface area is 166 Å². The summed E-state index contributed by atoms with van der Waals surface area (Å²) in [6.07, 6.45) is 3.40. The van der Waals surface area contributed by atoms with Crippen LogP contribution >= 0.6 is 12.2 Å². The summed E-state index contributed by atoms with van der Waals surface area (Å²) in [6, 6.07) is 13.9. The van der Waals surface area contributed by atoms with Gasteiger partial charge >= 0.3 is 0 Å². The number of benzene rings is 2. The molecule has 0 fully saturated rings. The molecule has 0 saturated carbocycles. The quantitative estimate of drug-likeness (QED) is 0.297. The van der Waals surface area contributed by atoms with Crippen LogP contribution in [0, 0.1) is 6.92 Å². The van der Waals surface area contributed by atoms with Gasteiger partial charge in [-0.05, 0) is 55.4 Å². The Balaban J connectivity index is 2.02. The minimum atomic E-state index is 0.439. The number of ether oxygens (including phenoxy) is 2. The molecule has 0 aliphatic rings. The molecule has 142 valence electrons. The molecule has 0 heterocycles. The second-order valence-corrected chi connectivity index (χ2v) is 6.19. The highest BCUT2D eigenvalue weighted by Crippen LogP contribution is 2.29. The molecule has 0 spiro atoms. The first-order chi connectivity index (χ1) is 13.1. The maximum absolute atomic E-state index is 5.95. The maximum atomic E-state index is 5.95. The molecule has 0 saturated heterocycles. The number of nitrogens with one attached hydrogen (secondary N) is 2. The Morgan fingerprint density at radius 2 is 2.04 bits per heavy atom. The van der Waals surface area contributed by atoms with Gasteiger partial charge < -0.3 is 14.8 Å². The van der Waals surface area contributed by atoms with Crippen LogP contribution in [-0.4, -0.2) is 24.5 Å². The van der Waals surface area contributed by atoms with Crippen LogP contribution < -0.4 is 20.2 Å². The third kappa shape index (κ3) is 7.11. The average molecular weight is 384 g/mol. The summed E-state index contributed by atoms with van der Waals surface area (Å²) in [5.74, 6) is 1.38. The van der Waals surface area contributed by atoms with Crippen LogP contribution in [0.3, 0.4) is 0 Å². The number of aryl methyl sites for hydroxylation is 1. The fraction of sp³-hybridized carbons (Fsp3) is 0.238. The molecule has 0 bridgehead atoms. The van der Waals surface area contributed by atoms with Gasteiger partial charge in [0.25, 0.3) is 0 Å². The highest BCUT2D eigenvalue weighted by Gasteiger charge is 2.07. The van der Waals surface area contributed by atoms with E-state index in [9.17, 15) is 0 Å². The van der Waals surface area contributed by atoms with Crippen molar-refractivity contribution in [1.29, 1.82) is 0 Å². The fourth-order valence-electron chi connectivity index (χ4n) is 2.33. The molecule has 0 aromatic heterocycles. The van der Waals surface area contributed by atoms with Crippen LogP contribution in [0.15, 0.2) is 60.2 Å². The molecule has 2 rings (SSSR count). The Morgan fingerprint density at radius 1 is 1.19 bits per heavy atom. The van der Waals surface area contributed by atoms with Crippen molar-refractivity contribution in [3.8, 4) is 11.5 Å². The molecule has 2 aromatic carbocycles. The normalized spacial score (nSPS) is 10.4. The molecule has 6 heteroatoms. The molecule has 0 unspecified atom stereocenters. The minimum Gasteiger partial charge on any atom is -0.490 e. The second-order valence-electron chi connectivity index (χ2n) is 5.79. The van der Waals surface area contributed by atoms with Gasteiger partial charge in [0, 0.05) is 6.54 Å². The van der Waals surface area contributed by atoms with Crippen LogP contribution in [0.25, 0.3) is 0 Å². The molecule has 2 N–H and O–H groups in total. The summed E-state index contributed by atoms with van der Waals surface area (Å²) in [4.78, 5) is 0. The van der Waals surface area contributed by atoms with Crippen molar-refractivity contribution in [1.82, 2.24) is 10.7 Å². The number of thiocarbonyl (C=S) groups is 1.